The van der Waals surface area contributed by atoms with E-state index in [1.165, 1.54) is 10.6 Å². The van der Waals surface area contributed by atoms with Gasteiger partial charge in [0.15, 0.2) is 0 Å². The van der Waals surface area contributed by atoms with Crippen molar-refractivity contribution in [3.8, 4) is 0 Å². The van der Waals surface area contributed by atoms with Gasteiger partial charge in [-0.15, -0.1) is 0 Å². The van der Waals surface area contributed by atoms with E-state index in [9.17, 15) is 13.2 Å². The van der Waals surface area contributed by atoms with Crippen LogP contribution in [0.4, 0.5) is 11.4 Å². The molecule has 1 aliphatic heterocycles. The Hall–Kier alpha value is -2.34. The Morgan fingerprint density at radius 3 is 2.50 bits per heavy atom. The number of carbonyl (C=O) groups excluding carboxylic acids is 1. The fourth-order valence-corrected chi connectivity index (χ4v) is 3.98. The molecule has 126 valence electrons. The first-order chi connectivity index (χ1) is 11.4. The fourth-order valence-electron chi connectivity index (χ4n) is 3.03. The zero-order chi connectivity index (χ0) is 17.3. The van der Waals surface area contributed by atoms with Gasteiger partial charge in [-0.3, -0.25) is 9.10 Å². The van der Waals surface area contributed by atoms with Crippen LogP contribution in [0.25, 0.3) is 0 Å². The van der Waals surface area contributed by atoms with Crippen molar-refractivity contribution in [3.05, 3.63) is 59.7 Å². The van der Waals surface area contributed by atoms with Crippen molar-refractivity contribution in [2.24, 2.45) is 0 Å². The number of sulfonamides is 1. The van der Waals surface area contributed by atoms with Gasteiger partial charge in [-0.1, -0.05) is 24.3 Å². The molecule has 0 unspecified atom stereocenters. The van der Waals surface area contributed by atoms with Gasteiger partial charge in [-0.2, -0.15) is 0 Å². The third kappa shape index (κ3) is 3.01. The molecule has 0 radical (unpaired) electrons. The molecule has 1 heterocycles. The molecule has 0 fully saturated rings. The van der Waals surface area contributed by atoms with Gasteiger partial charge < -0.3 is 4.90 Å². The second-order valence-electron chi connectivity index (χ2n) is 5.81. The lowest BCUT2D eigenvalue weighted by atomic mass is 10.1. The summed E-state index contributed by atoms with van der Waals surface area (Å²) in [4.78, 5) is 14.6. The topological polar surface area (TPSA) is 57.7 Å². The number of nitrogens with zero attached hydrogens (tertiary/aromatic N) is 2. The second kappa shape index (κ2) is 6.28. The van der Waals surface area contributed by atoms with Crippen LogP contribution in [-0.2, 0) is 16.4 Å². The van der Waals surface area contributed by atoms with Crippen LogP contribution in [0.3, 0.4) is 0 Å². The molecule has 1 amide bonds. The van der Waals surface area contributed by atoms with E-state index < -0.39 is 10.0 Å². The summed E-state index contributed by atoms with van der Waals surface area (Å²) in [6.45, 7) is 2.89. The summed E-state index contributed by atoms with van der Waals surface area (Å²) in [5.74, 6) is -0.133. The summed E-state index contributed by atoms with van der Waals surface area (Å²) < 4.78 is 25.2. The van der Waals surface area contributed by atoms with Crippen molar-refractivity contribution in [2.45, 2.75) is 13.3 Å². The molecule has 24 heavy (non-hydrogen) atoms. The van der Waals surface area contributed by atoms with Gasteiger partial charge in [0.1, 0.15) is 0 Å². The van der Waals surface area contributed by atoms with E-state index >= 15 is 0 Å². The minimum atomic E-state index is -3.33. The largest absolute Gasteiger partial charge is 0.309 e. The van der Waals surface area contributed by atoms with Gasteiger partial charge in [0.05, 0.1) is 11.9 Å². The van der Waals surface area contributed by atoms with Crippen molar-refractivity contribution in [2.75, 3.05) is 28.6 Å². The van der Waals surface area contributed by atoms with E-state index in [1.54, 1.807) is 17.0 Å². The summed E-state index contributed by atoms with van der Waals surface area (Å²) in [7, 11) is -3.33. The van der Waals surface area contributed by atoms with E-state index in [2.05, 4.69) is 0 Å². The van der Waals surface area contributed by atoms with Gasteiger partial charge >= 0.3 is 0 Å². The lowest BCUT2D eigenvalue weighted by Gasteiger charge is -2.22. The third-order valence-corrected chi connectivity index (χ3v) is 5.39. The Morgan fingerprint density at radius 1 is 1.17 bits per heavy atom. The first-order valence-electron chi connectivity index (χ1n) is 7.89. The van der Waals surface area contributed by atoms with E-state index in [-0.39, 0.29) is 5.91 Å². The molecule has 2 aromatic carbocycles. The highest BCUT2D eigenvalue weighted by Gasteiger charge is 2.27. The molecule has 0 saturated carbocycles. The van der Waals surface area contributed by atoms with Crippen molar-refractivity contribution >= 4 is 27.3 Å². The Balaban J connectivity index is 1.97. The van der Waals surface area contributed by atoms with Crippen LogP contribution in [-0.4, -0.2) is 33.7 Å². The maximum absolute atomic E-state index is 12.9. The molecule has 0 spiro atoms. The highest BCUT2D eigenvalue weighted by molar-refractivity contribution is 7.92. The molecule has 0 N–H and O–H groups in total. The molecular formula is C18H20N2O3S. The molecule has 3 rings (SSSR count). The summed E-state index contributed by atoms with van der Waals surface area (Å²) in [5.41, 5.74) is 2.90. The van der Waals surface area contributed by atoms with Gasteiger partial charge in [0, 0.05) is 24.3 Å². The van der Waals surface area contributed by atoms with E-state index in [1.807, 2.05) is 43.3 Å². The van der Waals surface area contributed by atoms with Crippen molar-refractivity contribution < 1.29 is 13.2 Å². The molecule has 6 heteroatoms. The van der Waals surface area contributed by atoms with Gasteiger partial charge in [0.25, 0.3) is 5.91 Å². The number of benzene rings is 2. The monoisotopic (exact) mass is 344 g/mol. The number of hydrogen-bond acceptors (Lipinski definition) is 3. The third-order valence-electron chi connectivity index (χ3n) is 4.21. The smallest absolute Gasteiger partial charge is 0.258 e. The van der Waals surface area contributed by atoms with Gasteiger partial charge in [-0.25, -0.2) is 8.42 Å². The molecule has 0 bridgehead atoms. The minimum Gasteiger partial charge on any atom is -0.309 e. The summed E-state index contributed by atoms with van der Waals surface area (Å²) >= 11 is 0. The lowest BCUT2D eigenvalue weighted by Crippen LogP contribution is -2.31. The van der Waals surface area contributed by atoms with Crippen molar-refractivity contribution in [1.29, 1.82) is 0 Å². The summed E-state index contributed by atoms with van der Waals surface area (Å²) in [5, 5.41) is 0. The Kier molecular flexibility index (Phi) is 4.32. The number of carbonyl (C=O) groups is 1. The highest BCUT2D eigenvalue weighted by atomic mass is 32.2. The molecule has 5 nitrogen and oxygen atoms in total. The number of fused-ring (bicyclic) bond motifs is 1. The molecule has 0 aliphatic carbocycles. The Morgan fingerprint density at radius 2 is 1.88 bits per heavy atom. The summed E-state index contributed by atoms with van der Waals surface area (Å²) in [6, 6.07) is 14.8. The normalized spacial score (nSPS) is 13.7. The average molecular weight is 344 g/mol. The zero-order valence-electron chi connectivity index (χ0n) is 13.8. The number of anilines is 2. The molecule has 1 aliphatic rings. The highest BCUT2D eigenvalue weighted by Crippen LogP contribution is 2.31. The van der Waals surface area contributed by atoms with Crippen molar-refractivity contribution in [3.63, 3.8) is 0 Å². The maximum Gasteiger partial charge on any atom is 0.258 e. The minimum absolute atomic E-state index is 0.133. The molecule has 0 aromatic heterocycles. The SMILES string of the molecule is CCN(C(=O)c1ccc2c(c1)N(S(C)(=O)=O)CC2)c1ccccc1. The predicted molar refractivity (Wildman–Crippen MR) is 96.1 cm³/mol. The number of rotatable bonds is 4. The maximum atomic E-state index is 12.9. The molecular weight excluding hydrogens is 324 g/mol. The van der Waals surface area contributed by atoms with Crippen LogP contribution in [0, 0.1) is 0 Å². The van der Waals surface area contributed by atoms with Crippen LogP contribution in [0.5, 0.6) is 0 Å². The van der Waals surface area contributed by atoms with E-state index in [0.29, 0.717) is 30.8 Å². The molecule has 0 saturated heterocycles. The molecule has 0 atom stereocenters. The van der Waals surface area contributed by atoms with Crippen LogP contribution < -0.4 is 9.21 Å². The van der Waals surface area contributed by atoms with Gasteiger partial charge in [0.2, 0.25) is 10.0 Å². The van der Waals surface area contributed by atoms with E-state index in [0.717, 1.165) is 11.3 Å². The standard InChI is InChI=1S/C18H20N2O3S/c1-3-19(16-7-5-4-6-8-16)18(21)15-10-9-14-11-12-20(17(14)13-15)24(2,22)23/h4-10,13H,3,11-12H2,1-2H3. The fraction of sp³-hybridized carbons (Fsp3) is 0.278. The van der Waals surface area contributed by atoms with Crippen LogP contribution in [0.15, 0.2) is 48.5 Å². The number of hydrogen-bond donors (Lipinski definition) is 0. The first-order valence-corrected chi connectivity index (χ1v) is 9.74. The predicted octanol–water partition coefficient (Wildman–Crippen LogP) is 2.68. The van der Waals surface area contributed by atoms with Gasteiger partial charge in [-0.05, 0) is 43.2 Å². The molecule has 2 aromatic rings. The zero-order valence-corrected chi connectivity index (χ0v) is 14.6. The first kappa shape index (κ1) is 16.5. The number of amides is 1. The second-order valence-corrected chi connectivity index (χ2v) is 7.72. The Labute approximate surface area is 142 Å². The van der Waals surface area contributed by atoms with Crippen LogP contribution in [0.2, 0.25) is 0 Å². The summed E-state index contributed by atoms with van der Waals surface area (Å²) in [6.07, 6.45) is 1.87. The van der Waals surface area contributed by atoms with E-state index in [4.69, 9.17) is 0 Å². The number of para-hydroxylation sites is 1. The Bertz CT molecular complexity index is 863. The van der Waals surface area contributed by atoms with Crippen LogP contribution >= 0.6 is 0 Å². The average Bonchev–Trinajstić information content (AvgIpc) is 2.99. The van der Waals surface area contributed by atoms with Crippen molar-refractivity contribution in [1.82, 2.24) is 0 Å². The lowest BCUT2D eigenvalue weighted by molar-refractivity contribution is 0.0988. The van der Waals surface area contributed by atoms with Crippen LogP contribution in [0.1, 0.15) is 22.8 Å². The quantitative estimate of drug-likeness (QED) is 0.857.